The van der Waals surface area contributed by atoms with Crippen LogP contribution in [-0.2, 0) is 38.1 Å². The summed E-state index contributed by atoms with van der Waals surface area (Å²) in [4.78, 5) is 66.1. The van der Waals surface area contributed by atoms with Crippen LogP contribution in [0.3, 0.4) is 0 Å². The Morgan fingerprint density at radius 1 is 0.897 bits per heavy atom. The summed E-state index contributed by atoms with van der Waals surface area (Å²) in [5.74, 6) is -9.71. The Balaban J connectivity index is 2.10. The van der Waals surface area contributed by atoms with E-state index in [1.54, 1.807) is 13.0 Å². The lowest BCUT2D eigenvalue weighted by Crippen LogP contribution is -2.54. The number of Topliss-reactive ketones (excluding diaryl/α,β-unsaturated/α-hetero) is 1. The van der Waals surface area contributed by atoms with Crippen molar-refractivity contribution in [2.75, 3.05) is 19.2 Å². The first-order chi connectivity index (χ1) is 27.0. The number of anilines is 1. The third-order valence-electron chi connectivity index (χ3n) is 10.9. The Labute approximate surface area is 336 Å². The van der Waals surface area contributed by atoms with E-state index in [-0.39, 0.29) is 61.9 Å². The number of aromatic hydroxyl groups is 1. The first-order valence-electron chi connectivity index (χ1n) is 18.7. The van der Waals surface area contributed by atoms with Crippen molar-refractivity contribution in [3.8, 4) is 11.5 Å². The number of benzene rings is 1. The van der Waals surface area contributed by atoms with Gasteiger partial charge in [-0.25, -0.2) is 0 Å². The van der Waals surface area contributed by atoms with Crippen molar-refractivity contribution in [1.29, 1.82) is 0 Å². The van der Waals surface area contributed by atoms with E-state index >= 15 is 0 Å². The first kappa shape index (κ1) is 45.4. The zero-order chi connectivity index (χ0) is 43.7. The van der Waals surface area contributed by atoms with Gasteiger partial charge >= 0.3 is 17.9 Å². The number of aliphatic hydroxyl groups excluding tert-OH is 3. The van der Waals surface area contributed by atoms with Crippen LogP contribution in [0.2, 0.25) is 0 Å². The molecule has 58 heavy (non-hydrogen) atoms. The number of ether oxygens (including phenoxy) is 5. The maximum Gasteiger partial charge on any atom is 0.315 e. The zero-order valence-electron chi connectivity index (χ0n) is 34.5. The van der Waals surface area contributed by atoms with Gasteiger partial charge in [-0.1, -0.05) is 39.0 Å². The normalized spacial score (nSPS) is 32.1. The van der Waals surface area contributed by atoms with Crippen LogP contribution in [0, 0.1) is 30.6 Å². The summed E-state index contributed by atoms with van der Waals surface area (Å²) < 4.78 is 28.0. The first-order valence-corrected chi connectivity index (χ1v) is 18.7. The van der Waals surface area contributed by atoms with Crippen LogP contribution < -0.4 is 10.1 Å². The average Bonchev–Trinajstić information content (AvgIpc) is 3.16. The van der Waals surface area contributed by atoms with Gasteiger partial charge in [-0.05, 0) is 46.3 Å². The molecule has 4 aliphatic rings. The number of hydrogen-bond acceptors (Lipinski definition) is 15. The molecule has 316 valence electrons. The van der Waals surface area contributed by atoms with Crippen molar-refractivity contribution < 1.29 is 73.2 Å². The summed E-state index contributed by atoms with van der Waals surface area (Å²) in [7, 11) is 1.06. The van der Waals surface area contributed by atoms with Crippen LogP contribution in [0.1, 0.15) is 83.8 Å². The van der Waals surface area contributed by atoms with E-state index in [0.717, 1.165) is 21.0 Å². The number of aliphatic hydroxyl groups is 4. The van der Waals surface area contributed by atoms with Gasteiger partial charge in [0.1, 0.15) is 34.9 Å². The Morgan fingerprint density at radius 2 is 1.52 bits per heavy atom. The van der Waals surface area contributed by atoms with Gasteiger partial charge in [-0.15, -0.1) is 0 Å². The molecule has 0 unspecified atom stereocenters. The Kier molecular flexibility index (Phi) is 13.8. The molecule has 1 aromatic carbocycles. The molecule has 6 N–H and O–H groups in total. The van der Waals surface area contributed by atoms with E-state index in [4.69, 9.17) is 23.7 Å². The fraction of sp³-hybridized carbons (Fsp3) is 0.500. The van der Waals surface area contributed by atoms with Crippen molar-refractivity contribution >= 4 is 40.9 Å². The fourth-order valence-electron chi connectivity index (χ4n) is 7.63. The number of esters is 3. The number of rotatable bonds is 3. The van der Waals surface area contributed by atoms with Gasteiger partial charge in [0.05, 0.1) is 42.2 Å². The summed E-state index contributed by atoms with van der Waals surface area (Å²) in [5, 5.41) is 61.2. The van der Waals surface area contributed by atoms with E-state index in [2.05, 4.69) is 5.32 Å². The second kappa shape index (κ2) is 17.7. The summed E-state index contributed by atoms with van der Waals surface area (Å²) in [6, 6.07) is 0. The minimum absolute atomic E-state index is 0.00972. The molecule has 0 saturated carbocycles. The molecule has 0 aromatic heterocycles. The molecule has 9 atom stereocenters. The number of carbonyl (C=O) groups excluding carboxylic acids is 5. The highest BCUT2D eigenvalue weighted by Gasteiger charge is 2.49. The van der Waals surface area contributed by atoms with Gasteiger partial charge in [-0.2, -0.15) is 0 Å². The predicted octanol–water partition coefficient (Wildman–Crippen LogP) is 3.68. The molecular weight excluding hydrogens is 758 g/mol. The highest BCUT2D eigenvalue weighted by molar-refractivity contribution is 6.21. The second-order valence-electron chi connectivity index (χ2n) is 15.3. The van der Waals surface area contributed by atoms with Crippen molar-refractivity contribution in [2.24, 2.45) is 23.7 Å². The quantitative estimate of drug-likeness (QED) is 0.145. The molecule has 16 heteroatoms. The molecular formula is C42H53NO15. The maximum atomic E-state index is 14.0. The smallest absolute Gasteiger partial charge is 0.315 e. The third-order valence-corrected chi connectivity index (χ3v) is 10.9. The van der Waals surface area contributed by atoms with E-state index in [9.17, 15) is 49.5 Å². The molecule has 0 fully saturated rings. The minimum Gasteiger partial charge on any atom is -0.505 e. The van der Waals surface area contributed by atoms with Crippen LogP contribution in [0.4, 0.5) is 5.69 Å². The van der Waals surface area contributed by atoms with Crippen LogP contribution in [0.5, 0.6) is 11.5 Å². The van der Waals surface area contributed by atoms with E-state index in [0.29, 0.717) is 0 Å². The number of hydrogen-bond donors (Lipinski definition) is 6. The van der Waals surface area contributed by atoms with E-state index in [1.807, 2.05) is 0 Å². The van der Waals surface area contributed by atoms with Crippen molar-refractivity contribution in [2.45, 2.75) is 99.3 Å². The molecule has 0 spiro atoms. The third kappa shape index (κ3) is 8.74. The summed E-state index contributed by atoms with van der Waals surface area (Å²) in [6.07, 6.45) is -0.811. The number of phenols is 1. The molecule has 3 heterocycles. The summed E-state index contributed by atoms with van der Waals surface area (Å²) in [6.45, 7) is 13.4. The minimum atomic E-state index is -2.22. The number of phenolic OH excluding ortho intramolecular Hbond substituents is 1. The Morgan fingerprint density at radius 3 is 2.10 bits per heavy atom. The number of nitrogens with one attached hydrogen (secondary N) is 1. The molecule has 4 bridgehead atoms. The lowest BCUT2D eigenvalue weighted by molar-refractivity contribution is -0.181. The molecule has 1 aliphatic carbocycles. The fourth-order valence-corrected chi connectivity index (χ4v) is 7.63. The lowest BCUT2D eigenvalue weighted by Gasteiger charge is -2.40. The average molecular weight is 812 g/mol. The van der Waals surface area contributed by atoms with E-state index in [1.165, 1.54) is 66.7 Å². The second-order valence-corrected chi connectivity index (χ2v) is 15.3. The highest BCUT2D eigenvalue weighted by Crippen LogP contribution is 2.53. The number of allylic oxidation sites excluding steroid dienone is 5. The monoisotopic (exact) mass is 811 g/mol. The molecule has 3 aliphatic heterocycles. The van der Waals surface area contributed by atoms with Crippen LogP contribution in [-0.4, -0.2) is 99.1 Å². The SMILES string of the molecule is COC(=O)[C@@H]1[C@H](O)[C@H](C)[C@H](O)[C@H](C)/C=C\C=C(/C)C(=O)Nc2c(C)c(OC(C)=O)c3c(c2O)C(=O)C(C)=C2OCOC(=C23)/C(C)=C\[C@@](C)(O)[C@@H](O)[C@H](C)[C@H]1OC(C)=O. The van der Waals surface area contributed by atoms with Gasteiger partial charge in [0.15, 0.2) is 11.5 Å². The molecule has 0 radical (unpaired) electrons. The van der Waals surface area contributed by atoms with Crippen LogP contribution in [0.15, 0.2) is 52.5 Å². The Hall–Kier alpha value is -5.29. The maximum absolute atomic E-state index is 14.0. The number of ketones is 1. The summed E-state index contributed by atoms with van der Waals surface area (Å²) in [5.41, 5.74) is -2.49. The number of amides is 1. The van der Waals surface area contributed by atoms with Gasteiger partial charge in [0.25, 0.3) is 5.91 Å². The van der Waals surface area contributed by atoms with Crippen molar-refractivity contribution in [3.63, 3.8) is 0 Å². The zero-order valence-corrected chi connectivity index (χ0v) is 34.5. The lowest BCUT2D eigenvalue weighted by atomic mass is 9.75. The molecule has 0 saturated heterocycles. The van der Waals surface area contributed by atoms with Gasteiger partial charge in [0.2, 0.25) is 6.79 Å². The summed E-state index contributed by atoms with van der Waals surface area (Å²) >= 11 is 0. The predicted molar refractivity (Wildman–Crippen MR) is 208 cm³/mol. The molecule has 5 rings (SSSR count). The van der Waals surface area contributed by atoms with Gasteiger partial charge < -0.3 is 54.5 Å². The highest BCUT2D eigenvalue weighted by atomic mass is 16.7. The Bertz CT molecular complexity index is 2040. The van der Waals surface area contributed by atoms with Gasteiger partial charge in [-0.3, -0.25) is 24.0 Å². The molecule has 1 amide bonds. The van der Waals surface area contributed by atoms with Gasteiger partial charge in [0, 0.05) is 53.9 Å². The van der Waals surface area contributed by atoms with Crippen molar-refractivity contribution in [1.82, 2.24) is 0 Å². The topological polar surface area (TPSA) is 245 Å². The standard InChI is InChI=1S/C42H53NO15/c1-17-13-12-14-18(2)40(51)43-30-20(4)37(57-24(8)44)26-27(34(30)49)33(48)22(6)36-28(26)35(55-16-56-36)19(3)15-42(10,53)39(50)23(7)38(58-25(9)45)29(41(52)54-11)32(47)21(5)31(17)46/h12-15,17,21,23,29,31-32,38-39,46-47,49-50,53H,16H2,1-11H3,(H,43,51)/b13-12-,18-14+,19-15-/t17-,21-,23-,29-,31-,32-,38-,39+,42-/m1/s1. The molecule has 16 nitrogen and oxygen atoms in total. The number of carbonyl (C=O) groups is 5. The number of methoxy groups -OCH3 is 1. The van der Waals surface area contributed by atoms with E-state index < -0.39 is 95.8 Å². The van der Waals surface area contributed by atoms with Crippen molar-refractivity contribution in [3.05, 3.63) is 69.2 Å². The van der Waals surface area contributed by atoms with Crippen LogP contribution in [0.25, 0.3) is 5.57 Å². The molecule has 1 aromatic rings. The van der Waals surface area contributed by atoms with Crippen LogP contribution >= 0.6 is 0 Å². The largest absolute Gasteiger partial charge is 0.505 e. The number of fused-ring (bicyclic) bond motifs is 14.